The molecule has 0 atom stereocenters. The van der Waals surface area contributed by atoms with E-state index in [2.05, 4.69) is 15.3 Å². The van der Waals surface area contributed by atoms with Crippen molar-refractivity contribution in [2.24, 2.45) is 0 Å². The van der Waals surface area contributed by atoms with Crippen LogP contribution in [0.15, 0.2) is 36.5 Å². The van der Waals surface area contributed by atoms with E-state index in [1.165, 1.54) is 11.3 Å². The van der Waals surface area contributed by atoms with Crippen LogP contribution in [0.4, 0.5) is 5.13 Å². The van der Waals surface area contributed by atoms with Gasteiger partial charge in [0.1, 0.15) is 17.0 Å². The number of rotatable bonds is 2. The number of thiazole rings is 1. The Labute approximate surface area is 118 Å². The Morgan fingerprint density at radius 3 is 2.90 bits per heavy atom. The van der Waals surface area contributed by atoms with Gasteiger partial charge in [-0.25, -0.2) is 9.97 Å². The van der Waals surface area contributed by atoms with Crippen molar-refractivity contribution in [1.82, 2.24) is 9.97 Å². The first-order chi connectivity index (χ1) is 9.63. The quantitative estimate of drug-likeness (QED) is 0.759. The minimum Gasteiger partial charge on any atom is -0.506 e. The van der Waals surface area contributed by atoms with Gasteiger partial charge in [0.15, 0.2) is 5.13 Å². The highest BCUT2D eigenvalue weighted by Gasteiger charge is 2.11. The van der Waals surface area contributed by atoms with E-state index >= 15 is 0 Å². The van der Waals surface area contributed by atoms with Gasteiger partial charge in [-0.15, -0.1) is 11.3 Å². The Bertz CT molecular complexity index is 798. The largest absolute Gasteiger partial charge is 0.506 e. The van der Waals surface area contributed by atoms with Crippen molar-refractivity contribution in [3.63, 3.8) is 0 Å². The Morgan fingerprint density at radius 1 is 1.30 bits per heavy atom. The molecule has 6 heteroatoms. The van der Waals surface area contributed by atoms with E-state index in [4.69, 9.17) is 0 Å². The molecule has 1 amide bonds. The Balaban J connectivity index is 1.93. The lowest BCUT2D eigenvalue weighted by molar-refractivity contribution is 0.102. The highest BCUT2D eigenvalue weighted by Crippen LogP contribution is 2.23. The number of anilines is 1. The second-order valence-electron chi connectivity index (χ2n) is 4.28. The van der Waals surface area contributed by atoms with Crippen LogP contribution in [-0.2, 0) is 0 Å². The molecular formula is C14H11N3O2S. The maximum absolute atomic E-state index is 12.1. The van der Waals surface area contributed by atoms with Gasteiger partial charge in [0.05, 0.1) is 0 Å². The molecule has 1 aromatic carbocycles. The van der Waals surface area contributed by atoms with E-state index in [1.807, 2.05) is 13.0 Å². The Hall–Kier alpha value is -2.47. The van der Waals surface area contributed by atoms with Gasteiger partial charge in [-0.05, 0) is 19.1 Å². The topological polar surface area (TPSA) is 75.1 Å². The summed E-state index contributed by atoms with van der Waals surface area (Å²) in [5, 5.41) is 13.8. The average Bonchev–Trinajstić information content (AvgIpc) is 2.84. The normalized spacial score (nSPS) is 10.7. The minimum atomic E-state index is -0.343. The molecule has 3 aromatic rings. The molecular weight excluding hydrogens is 274 g/mol. The number of aromatic nitrogens is 2. The summed E-state index contributed by atoms with van der Waals surface area (Å²) in [6.45, 7) is 1.92. The molecule has 2 aromatic heterocycles. The van der Waals surface area contributed by atoms with E-state index < -0.39 is 0 Å². The van der Waals surface area contributed by atoms with Crippen LogP contribution in [-0.4, -0.2) is 21.0 Å². The van der Waals surface area contributed by atoms with Crippen molar-refractivity contribution < 1.29 is 9.90 Å². The first-order valence-corrected chi connectivity index (χ1v) is 6.77. The van der Waals surface area contributed by atoms with E-state index in [0.717, 1.165) is 10.3 Å². The van der Waals surface area contributed by atoms with E-state index in [-0.39, 0.29) is 17.4 Å². The summed E-state index contributed by atoms with van der Waals surface area (Å²) in [4.78, 5) is 21.4. The van der Waals surface area contributed by atoms with Gasteiger partial charge in [0, 0.05) is 16.5 Å². The fourth-order valence-corrected chi connectivity index (χ4v) is 2.49. The van der Waals surface area contributed by atoms with Crippen LogP contribution in [0.3, 0.4) is 0 Å². The number of carbonyl (C=O) groups is 1. The number of aromatic hydroxyl groups is 1. The predicted molar refractivity (Wildman–Crippen MR) is 78.2 cm³/mol. The molecule has 5 nitrogen and oxygen atoms in total. The molecule has 20 heavy (non-hydrogen) atoms. The van der Waals surface area contributed by atoms with Gasteiger partial charge in [-0.1, -0.05) is 18.2 Å². The van der Waals surface area contributed by atoms with Crippen molar-refractivity contribution in [3.05, 3.63) is 47.1 Å². The van der Waals surface area contributed by atoms with Gasteiger partial charge in [0.2, 0.25) is 0 Å². The van der Waals surface area contributed by atoms with Crippen LogP contribution in [0, 0.1) is 6.92 Å². The molecule has 0 unspecified atom stereocenters. The molecule has 0 saturated heterocycles. The number of hydrogen-bond donors (Lipinski definition) is 2. The van der Waals surface area contributed by atoms with Gasteiger partial charge in [-0.3, -0.25) is 10.1 Å². The lowest BCUT2D eigenvalue weighted by Gasteiger charge is -2.04. The number of pyridine rings is 1. The second kappa shape index (κ2) is 4.90. The van der Waals surface area contributed by atoms with Crippen molar-refractivity contribution in [2.45, 2.75) is 6.92 Å². The molecule has 2 heterocycles. The monoisotopic (exact) mass is 285 g/mol. The maximum atomic E-state index is 12.1. The number of nitrogens with one attached hydrogen (secondary N) is 1. The van der Waals surface area contributed by atoms with E-state index in [9.17, 15) is 9.90 Å². The zero-order valence-electron chi connectivity index (χ0n) is 10.6. The zero-order chi connectivity index (χ0) is 14.1. The number of aryl methyl sites for hydroxylation is 1. The maximum Gasteiger partial charge on any atom is 0.276 e. The number of nitrogens with zero attached hydrogens (tertiary/aromatic N) is 2. The minimum absolute atomic E-state index is 0.0576. The summed E-state index contributed by atoms with van der Waals surface area (Å²) >= 11 is 1.40. The number of phenols is 1. The van der Waals surface area contributed by atoms with E-state index in [1.54, 1.807) is 30.5 Å². The molecule has 0 spiro atoms. The van der Waals surface area contributed by atoms with Crippen LogP contribution in [0.5, 0.6) is 5.75 Å². The molecule has 0 radical (unpaired) electrons. The third kappa shape index (κ3) is 2.33. The van der Waals surface area contributed by atoms with Crippen molar-refractivity contribution in [2.75, 3.05) is 5.32 Å². The molecule has 0 saturated carbocycles. The second-order valence-corrected chi connectivity index (χ2v) is 5.51. The summed E-state index contributed by atoms with van der Waals surface area (Å²) in [5.41, 5.74) is 0.655. The summed E-state index contributed by atoms with van der Waals surface area (Å²) in [5.74, 6) is -0.285. The standard InChI is InChI=1S/C14H11N3O2S/c1-8-7-15-14(20-8)17-13(19)10-6-5-9-3-2-4-11(18)12(9)16-10/h2-7,18H,1H3,(H,15,17,19). The fraction of sp³-hybridized carbons (Fsp3) is 0.0714. The number of para-hydroxylation sites is 1. The summed E-state index contributed by atoms with van der Waals surface area (Å²) in [6.07, 6.45) is 1.69. The molecule has 0 aliphatic heterocycles. The first kappa shape index (κ1) is 12.6. The predicted octanol–water partition coefficient (Wildman–Crippen LogP) is 2.96. The lowest BCUT2D eigenvalue weighted by atomic mass is 10.2. The van der Waals surface area contributed by atoms with Gasteiger partial charge < -0.3 is 5.11 Å². The third-order valence-corrected chi connectivity index (χ3v) is 3.60. The fourth-order valence-electron chi connectivity index (χ4n) is 1.83. The lowest BCUT2D eigenvalue weighted by Crippen LogP contribution is -2.13. The van der Waals surface area contributed by atoms with Gasteiger partial charge in [-0.2, -0.15) is 0 Å². The summed E-state index contributed by atoms with van der Waals surface area (Å²) < 4.78 is 0. The number of benzene rings is 1. The molecule has 0 aliphatic rings. The van der Waals surface area contributed by atoms with Crippen LogP contribution in [0.2, 0.25) is 0 Å². The highest BCUT2D eigenvalue weighted by molar-refractivity contribution is 7.15. The van der Waals surface area contributed by atoms with Crippen LogP contribution < -0.4 is 5.32 Å². The molecule has 0 fully saturated rings. The Morgan fingerprint density at radius 2 is 2.15 bits per heavy atom. The SMILES string of the molecule is Cc1cnc(NC(=O)c2ccc3cccc(O)c3n2)s1. The van der Waals surface area contributed by atoms with Gasteiger partial charge in [0.25, 0.3) is 5.91 Å². The number of hydrogen-bond acceptors (Lipinski definition) is 5. The van der Waals surface area contributed by atoms with Crippen molar-refractivity contribution in [3.8, 4) is 5.75 Å². The van der Waals surface area contributed by atoms with Crippen LogP contribution in [0.25, 0.3) is 10.9 Å². The van der Waals surface area contributed by atoms with Crippen molar-refractivity contribution >= 4 is 33.3 Å². The molecule has 3 rings (SSSR count). The molecule has 2 N–H and O–H groups in total. The van der Waals surface area contributed by atoms with Gasteiger partial charge >= 0.3 is 0 Å². The summed E-state index contributed by atoms with van der Waals surface area (Å²) in [6, 6.07) is 8.48. The number of fused-ring (bicyclic) bond motifs is 1. The molecule has 0 aliphatic carbocycles. The smallest absolute Gasteiger partial charge is 0.276 e. The van der Waals surface area contributed by atoms with E-state index in [0.29, 0.717) is 10.6 Å². The van der Waals surface area contributed by atoms with Crippen molar-refractivity contribution in [1.29, 1.82) is 0 Å². The number of carbonyl (C=O) groups excluding carboxylic acids is 1. The Kier molecular flexibility index (Phi) is 3.08. The first-order valence-electron chi connectivity index (χ1n) is 5.96. The zero-order valence-corrected chi connectivity index (χ0v) is 11.4. The highest BCUT2D eigenvalue weighted by atomic mass is 32.1. The summed E-state index contributed by atoms with van der Waals surface area (Å²) in [7, 11) is 0. The number of phenolic OH excluding ortho intramolecular Hbond substituents is 1. The third-order valence-electron chi connectivity index (χ3n) is 2.77. The molecule has 0 bridgehead atoms. The molecule has 100 valence electrons. The van der Waals surface area contributed by atoms with Crippen LogP contribution >= 0.6 is 11.3 Å². The van der Waals surface area contributed by atoms with Crippen LogP contribution in [0.1, 0.15) is 15.4 Å². The number of amides is 1. The average molecular weight is 285 g/mol.